The van der Waals surface area contributed by atoms with Gasteiger partial charge in [0, 0.05) is 30.9 Å². The van der Waals surface area contributed by atoms with Crippen molar-refractivity contribution < 1.29 is 9.47 Å². The van der Waals surface area contributed by atoms with Gasteiger partial charge in [0.2, 0.25) is 0 Å². The molecule has 3 aromatic rings. The number of fused-ring (bicyclic) bond motifs is 1. The summed E-state index contributed by atoms with van der Waals surface area (Å²) >= 11 is 0. The molecule has 28 heavy (non-hydrogen) atoms. The van der Waals surface area contributed by atoms with Crippen molar-refractivity contribution >= 4 is 11.6 Å². The summed E-state index contributed by atoms with van der Waals surface area (Å²) in [5, 5.41) is 7.50. The Labute approximate surface area is 163 Å². The van der Waals surface area contributed by atoms with Gasteiger partial charge in [-0.3, -0.25) is 4.99 Å². The summed E-state index contributed by atoms with van der Waals surface area (Å²) in [5.41, 5.74) is 8.98. The lowest BCUT2D eigenvalue weighted by Crippen LogP contribution is -2.23. The minimum atomic E-state index is 0.366. The maximum Gasteiger partial charge on any atom is 0.193 e. The van der Waals surface area contributed by atoms with E-state index in [4.69, 9.17) is 15.2 Å². The number of ether oxygens (including phenoxy) is 2. The molecule has 0 unspecified atom stereocenters. The highest BCUT2D eigenvalue weighted by Gasteiger charge is 2.10. The van der Waals surface area contributed by atoms with Crippen molar-refractivity contribution in [2.45, 2.75) is 12.8 Å². The van der Waals surface area contributed by atoms with Gasteiger partial charge in [-0.15, -0.1) is 0 Å². The average Bonchev–Trinajstić information content (AvgIpc) is 3.06. The molecule has 4 rings (SSSR count). The molecule has 0 amide bonds. The first kappa shape index (κ1) is 17.9. The van der Waals surface area contributed by atoms with E-state index in [2.05, 4.69) is 15.4 Å². The Morgan fingerprint density at radius 2 is 1.93 bits per heavy atom. The summed E-state index contributed by atoms with van der Waals surface area (Å²) in [6.07, 6.45) is 5.51. The van der Waals surface area contributed by atoms with Gasteiger partial charge >= 0.3 is 0 Å². The molecule has 7 nitrogen and oxygen atoms in total. The number of nitrogens with two attached hydrogens (primary N) is 1. The standard InChI is InChI=1S/C21H23N5O2/c22-21(25-17-7-8-19-20(13-17)28-12-4-11-27-19)23-10-9-16-14-24-26(15-16)18-5-2-1-3-6-18/h1-3,5-8,13-15H,4,9-12H2,(H3,22,23,25). The number of hydrogen-bond acceptors (Lipinski definition) is 4. The van der Waals surface area contributed by atoms with Crippen LogP contribution in [0, 0.1) is 0 Å². The number of nitrogens with zero attached hydrogens (tertiary/aromatic N) is 3. The van der Waals surface area contributed by atoms with E-state index in [1.807, 2.05) is 65.6 Å². The third-order valence-electron chi connectivity index (χ3n) is 4.36. The van der Waals surface area contributed by atoms with Crippen LogP contribution in [-0.2, 0) is 6.42 Å². The first-order chi connectivity index (χ1) is 13.8. The Hall–Kier alpha value is -3.48. The smallest absolute Gasteiger partial charge is 0.193 e. The van der Waals surface area contributed by atoms with Gasteiger partial charge in [0.05, 0.1) is 25.1 Å². The highest BCUT2D eigenvalue weighted by atomic mass is 16.5. The number of benzene rings is 2. The molecule has 0 spiro atoms. The first-order valence-electron chi connectivity index (χ1n) is 9.33. The maximum absolute atomic E-state index is 6.02. The maximum atomic E-state index is 6.02. The summed E-state index contributed by atoms with van der Waals surface area (Å²) in [6, 6.07) is 15.7. The zero-order valence-electron chi connectivity index (χ0n) is 15.5. The summed E-state index contributed by atoms with van der Waals surface area (Å²) in [4.78, 5) is 4.40. The van der Waals surface area contributed by atoms with E-state index in [-0.39, 0.29) is 0 Å². The first-order valence-corrected chi connectivity index (χ1v) is 9.33. The second-order valence-corrected chi connectivity index (χ2v) is 6.48. The van der Waals surface area contributed by atoms with Crippen molar-refractivity contribution in [1.82, 2.24) is 9.78 Å². The minimum Gasteiger partial charge on any atom is -0.490 e. The molecule has 1 aromatic heterocycles. The monoisotopic (exact) mass is 377 g/mol. The lowest BCUT2D eigenvalue weighted by atomic mass is 10.2. The summed E-state index contributed by atoms with van der Waals surface area (Å²) in [5.74, 6) is 1.85. The second-order valence-electron chi connectivity index (χ2n) is 6.48. The Morgan fingerprint density at radius 3 is 2.79 bits per heavy atom. The Kier molecular flexibility index (Phi) is 5.42. The number of hydrogen-bond donors (Lipinski definition) is 2. The molecule has 2 aromatic carbocycles. The summed E-state index contributed by atoms with van der Waals surface area (Å²) < 4.78 is 13.2. The number of anilines is 1. The Morgan fingerprint density at radius 1 is 1.11 bits per heavy atom. The highest BCUT2D eigenvalue weighted by Crippen LogP contribution is 2.32. The van der Waals surface area contributed by atoms with Gasteiger partial charge in [0.25, 0.3) is 0 Å². The molecule has 0 saturated carbocycles. The lowest BCUT2D eigenvalue weighted by molar-refractivity contribution is 0.297. The van der Waals surface area contributed by atoms with Crippen LogP contribution in [0.3, 0.4) is 0 Å². The topological polar surface area (TPSA) is 86.7 Å². The lowest BCUT2D eigenvalue weighted by Gasteiger charge is -2.10. The van der Waals surface area contributed by atoms with E-state index in [0.717, 1.165) is 41.3 Å². The van der Waals surface area contributed by atoms with Gasteiger partial charge < -0.3 is 20.5 Å². The molecule has 0 aliphatic carbocycles. The molecular formula is C21H23N5O2. The average molecular weight is 377 g/mol. The molecule has 3 N–H and O–H groups in total. The van der Waals surface area contributed by atoms with E-state index in [1.165, 1.54) is 0 Å². The number of aliphatic imine (C=N–C) groups is 1. The summed E-state index contributed by atoms with van der Waals surface area (Å²) in [6.45, 7) is 1.89. The van der Waals surface area contributed by atoms with Crippen LogP contribution >= 0.6 is 0 Å². The van der Waals surface area contributed by atoms with Gasteiger partial charge in [-0.1, -0.05) is 18.2 Å². The van der Waals surface area contributed by atoms with Crippen LogP contribution in [0.25, 0.3) is 5.69 Å². The van der Waals surface area contributed by atoms with Crippen molar-refractivity contribution in [3.63, 3.8) is 0 Å². The molecule has 1 aliphatic rings. The molecule has 0 radical (unpaired) electrons. The van der Waals surface area contributed by atoms with Crippen molar-refractivity contribution in [3.05, 3.63) is 66.5 Å². The van der Waals surface area contributed by atoms with Crippen LogP contribution < -0.4 is 20.5 Å². The number of nitrogens with one attached hydrogen (secondary N) is 1. The van der Waals surface area contributed by atoms with Crippen molar-refractivity contribution in [2.75, 3.05) is 25.1 Å². The molecule has 1 aliphatic heterocycles. The Balaban J connectivity index is 1.33. The van der Waals surface area contributed by atoms with Crippen molar-refractivity contribution in [1.29, 1.82) is 0 Å². The quantitative estimate of drug-likeness (QED) is 0.527. The van der Waals surface area contributed by atoms with E-state index in [1.54, 1.807) is 0 Å². The fraction of sp³-hybridized carbons (Fsp3) is 0.238. The van der Waals surface area contributed by atoms with Gasteiger partial charge in [0.1, 0.15) is 0 Å². The number of rotatable bonds is 5. The normalized spacial score (nSPS) is 13.8. The summed E-state index contributed by atoms with van der Waals surface area (Å²) in [7, 11) is 0. The van der Waals surface area contributed by atoms with Crippen LogP contribution in [-0.4, -0.2) is 35.5 Å². The molecule has 0 atom stereocenters. The van der Waals surface area contributed by atoms with E-state index in [9.17, 15) is 0 Å². The van der Waals surface area contributed by atoms with Gasteiger partial charge in [-0.2, -0.15) is 5.10 Å². The molecule has 0 fully saturated rings. The van der Waals surface area contributed by atoms with E-state index in [0.29, 0.717) is 25.7 Å². The van der Waals surface area contributed by atoms with Crippen LogP contribution in [0.5, 0.6) is 11.5 Å². The zero-order valence-corrected chi connectivity index (χ0v) is 15.5. The highest BCUT2D eigenvalue weighted by molar-refractivity contribution is 5.92. The largest absolute Gasteiger partial charge is 0.490 e. The predicted octanol–water partition coefficient (Wildman–Crippen LogP) is 3.00. The van der Waals surface area contributed by atoms with Crippen molar-refractivity contribution in [2.24, 2.45) is 10.7 Å². The van der Waals surface area contributed by atoms with Crippen LogP contribution in [0.2, 0.25) is 0 Å². The third-order valence-corrected chi connectivity index (χ3v) is 4.36. The van der Waals surface area contributed by atoms with E-state index < -0.39 is 0 Å². The molecule has 0 saturated heterocycles. The van der Waals surface area contributed by atoms with Crippen molar-refractivity contribution in [3.8, 4) is 17.2 Å². The molecular weight excluding hydrogens is 354 g/mol. The number of para-hydroxylation sites is 1. The molecule has 0 bridgehead atoms. The minimum absolute atomic E-state index is 0.366. The van der Waals surface area contributed by atoms with E-state index >= 15 is 0 Å². The van der Waals surface area contributed by atoms with Gasteiger partial charge in [0.15, 0.2) is 17.5 Å². The van der Waals surface area contributed by atoms with Crippen LogP contribution in [0.15, 0.2) is 65.9 Å². The number of guanidine groups is 1. The zero-order chi connectivity index (χ0) is 19.2. The second kappa shape index (κ2) is 8.47. The SMILES string of the molecule is NC(=NCCc1cnn(-c2ccccc2)c1)Nc1ccc2c(c1)OCCCO2. The van der Waals surface area contributed by atoms with Gasteiger partial charge in [-0.25, -0.2) is 4.68 Å². The molecule has 2 heterocycles. The van der Waals surface area contributed by atoms with Crippen LogP contribution in [0.1, 0.15) is 12.0 Å². The number of aromatic nitrogens is 2. The molecule has 144 valence electrons. The fourth-order valence-corrected chi connectivity index (χ4v) is 2.95. The van der Waals surface area contributed by atoms with Gasteiger partial charge in [-0.05, 0) is 36.2 Å². The van der Waals surface area contributed by atoms with Crippen LogP contribution in [0.4, 0.5) is 5.69 Å². The predicted molar refractivity (Wildman–Crippen MR) is 109 cm³/mol. The fourth-order valence-electron chi connectivity index (χ4n) is 2.95. The Bertz CT molecular complexity index is 952. The molecule has 7 heteroatoms. The third kappa shape index (κ3) is 4.43.